The van der Waals surface area contributed by atoms with Gasteiger partial charge in [-0.05, 0) is 31.2 Å². The summed E-state index contributed by atoms with van der Waals surface area (Å²) in [5.74, 6) is 1.74. The first-order chi connectivity index (χ1) is 11.3. The molecule has 2 heterocycles. The van der Waals surface area contributed by atoms with Gasteiger partial charge < -0.3 is 15.3 Å². The van der Waals surface area contributed by atoms with Crippen molar-refractivity contribution in [2.24, 2.45) is 0 Å². The van der Waals surface area contributed by atoms with E-state index in [2.05, 4.69) is 32.3 Å². The van der Waals surface area contributed by atoms with E-state index in [9.17, 15) is 5.11 Å². The fraction of sp³-hybridized carbons (Fsp3) is 0.444. The normalized spacial score (nSPS) is 16.1. The van der Waals surface area contributed by atoms with E-state index < -0.39 is 0 Å². The number of nitrogens with zero attached hydrogens (tertiary/aromatic N) is 3. The molecule has 0 aliphatic carbocycles. The fourth-order valence-electron chi connectivity index (χ4n) is 2.99. The predicted octanol–water partition coefficient (Wildman–Crippen LogP) is 2.48. The molecule has 0 bridgehead atoms. The Morgan fingerprint density at radius 3 is 2.61 bits per heavy atom. The van der Waals surface area contributed by atoms with E-state index >= 15 is 0 Å². The predicted molar refractivity (Wildman–Crippen MR) is 92.7 cm³/mol. The van der Waals surface area contributed by atoms with Crippen LogP contribution in [0.2, 0.25) is 0 Å². The summed E-state index contributed by atoms with van der Waals surface area (Å²) in [6, 6.07) is 12.1. The Labute approximate surface area is 137 Å². The van der Waals surface area contributed by atoms with E-state index in [4.69, 9.17) is 0 Å². The molecule has 23 heavy (non-hydrogen) atoms. The van der Waals surface area contributed by atoms with Crippen LogP contribution in [0.1, 0.15) is 24.8 Å². The molecule has 1 aromatic carbocycles. The molecule has 0 radical (unpaired) electrons. The number of aliphatic hydroxyl groups excluding tert-OH is 1. The Balaban J connectivity index is 1.66. The number of anilines is 2. The smallest absolute Gasteiger partial charge is 0.134 e. The van der Waals surface area contributed by atoms with Gasteiger partial charge in [-0.2, -0.15) is 0 Å². The molecular formula is C18H24N4O. The zero-order chi connectivity index (χ0) is 15.9. The van der Waals surface area contributed by atoms with E-state index in [1.807, 2.05) is 24.3 Å². The van der Waals surface area contributed by atoms with Crippen LogP contribution < -0.4 is 10.2 Å². The average molecular weight is 312 g/mol. The fourth-order valence-corrected chi connectivity index (χ4v) is 2.99. The van der Waals surface area contributed by atoms with E-state index in [1.165, 1.54) is 24.8 Å². The van der Waals surface area contributed by atoms with Gasteiger partial charge in [0.15, 0.2) is 0 Å². The van der Waals surface area contributed by atoms with Gasteiger partial charge in [0.05, 0.1) is 12.6 Å². The molecule has 122 valence electrons. The van der Waals surface area contributed by atoms with Crippen molar-refractivity contribution in [3.63, 3.8) is 0 Å². The Kier molecular flexibility index (Phi) is 5.42. The Hall–Kier alpha value is -2.14. The van der Waals surface area contributed by atoms with Gasteiger partial charge >= 0.3 is 0 Å². The number of hydrogen-bond donors (Lipinski definition) is 2. The van der Waals surface area contributed by atoms with Crippen molar-refractivity contribution in [1.82, 2.24) is 9.97 Å². The first kappa shape index (κ1) is 15.7. The summed E-state index contributed by atoms with van der Waals surface area (Å²) in [7, 11) is 0. The SMILES string of the molecule is OCC(Cc1ccccc1)Nc1cc(N2CCCCC2)ncn1. The van der Waals surface area contributed by atoms with Crippen LogP contribution in [0.3, 0.4) is 0 Å². The summed E-state index contributed by atoms with van der Waals surface area (Å²) in [5.41, 5.74) is 1.20. The van der Waals surface area contributed by atoms with Gasteiger partial charge in [0.25, 0.3) is 0 Å². The third-order valence-corrected chi connectivity index (χ3v) is 4.23. The maximum atomic E-state index is 9.65. The highest BCUT2D eigenvalue weighted by molar-refractivity contribution is 5.49. The molecule has 1 fully saturated rings. The van der Waals surface area contributed by atoms with Crippen LogP contribution in [-0.2, 0) is 6.42 Å². The van der Waals surface area contributed by atoms with Gasteiger partial charge in [0, 0.05) is 19.2 Å². The summed E-state index contributed by atoms with van der Waals surface area (Å²) in [6.07, 6.45) is 6.11. The lowest BCUT2D eigenvalue weighted by Gasteiger charge is -2.28. The molecule has 3 rings (SSSR count). The molecule has 1 aromatic heterocycles. The van der Waals surface area contributed by atoms with Gasteiger partial charge in [-0.3, -0.25) is 0 Å². The molecule has 1 unspecified atom stereocenters. The maximum absolute atomic E-state index is 9.65. The second-order valence-electron chi connectivity index (χ2n) is 6.02. The van der Waals surface area contributed by atoms with Crippen molar-refractivity contribution in [2.75, 3.05) is 29.9 Å². The third-order valence-electron chi connectivity index (χ3n) is 4.23. The minimum Gasteiger partial charge on any atom is -0.394 e. The van der Waals surface area contributed by atoms with E-state index in [-0.39, 0.29) is 12.6 Å². The van der Waals surface area contributed by atoms with Crippen molar-refractivity contribution in [1.29, 1.82) is 0 Å². The average Bonchev–Trinajstić information content (AvgIpc) is 2.63. The van der Waals surface area contributed by atoms with E-state index in [1.54, 1.807) is 6.33 Å². The lowest BCUT2D eigenvalue weighted by atomic mass is 10.1. The summed E-state index contributed by atoms with van der Waals surface area (Å²) < 4.78 is 0. The number of nitrogens with one attached hydrogen (secondary N) is 1. The van der Waals surface area contributed by atoms with Crippen molar-refractivity contribution in [3.05, 3.63) is 48.3 Å². The second kappa shape index (κ2) is 7.92. The van der Waals surface area contributed by atoms with Crippen LogP contribution in [0.4, 0.5) is 11.6 Å². The topological polar surface area (TPSA) is 61.3 Å². The van der Waals surface area contributed by atoms with Crippen molar-refractivity contribution < 1.29 is 5.11 Å². The molecule has 1 atom stereocenters. The number of aliphatic hydroxyl groups is 1. The van der Waals surface area contributed by atoms with Crippen LogP contribution in [-0.4, -0.2) is 40.8 Å². The first-order valence-electron chi connectivity index (χ1n) is 8.33. The number of piperidine rings is 1. The largest absolute Gasteiger partial charge is 0.394 e. The summed E-state index contributed by atoms with van der Waals surface area (Å²) in [4.78, 5) is 11.0. The highest BCUT2D eigenvalue weighted by Crippen LogP contribution is 2.19. The maximum Gasteiger partial charge on any atom is 0.134 e. The molecule has 2 aromatic rings. The molecule has 1 aliphatic heterocycles. The van der Waals surface area contributed by atoms with Crippen molar-refractivity contribution >= 4 is 11.6 Å². The zero-order valence-corrected chi connectivity index (χ0v) is 13.4. The van der Waals surface area contributed by atoms with Gasteiger partial charge in [0.2, 0.25) is 0 Å². The van der Waals surface area contributed by atoms with Crippen LogP contribution in [0.25, 0.3) is 0 Å². The van der Waals surface area contributed by atoms with Gasteiger partial charge in [-0.25, -0.2) is 9.97 Å². The van der Waals surface area contributed by atoms with Crippen LogP contribution in [0, 0.1) is 0 Å². The van der Waals surface area contributed by atoms with Gasteiger partial charge in [-0.15, -0.1) is 0 Å². The number of benzene rings is 1. The van der Waals surface area contributed by atoms with Crippen molar-refractivity contribution in [3.8, 4) is 0 Å². The Morgan fingerprint density at radius 1 is 1.09 bits per heavy atom. The number of hydrogen-bond acceptors (Lipinski definition) is 5. The first-order valence-corrected chi connectivity index (χ1v) is 8.33. The minimum atomic E-state index is -0.0542. The van der Waals surface area contributed by atoms with Gasteiger partial charge in [-0.1, -0.05) is 30.3 Å². The summed E-state index contributed by atoms with van der Waals surface area (Å²) >= 11 is 0. The standard InChI is InChI=1S/C18H24N4O/c23-13-16(11-15-7-3-1-4-8-15)21-17-12-18(20-14-19-17)22-9-5-2-6-10-22/h1,3-4,7-8,12,14,16,23H,2,5-6,9-11,13H2,(H,19,20,21). The van der Waals surface area contributed by atoms with Crippen molar-refractivity contribution in [2.45, 2.75) is 31.7 Å². The Bertz CT molecular complexity index is 599. The van der Waals surface area contributed by atoms with Crippen LogP contribution >= 0.6 is 0 Å². The zero-order valence-electron chi connectivity index (χ0n) is 13.4. The van der Waals surface area contributed by atoms with Gasteiger partial charge in [0.1, 0.15) is 18.0 Å². The highest BCUT2D eigenvalue weighted by Gasteiger charge is 2.14. The molecule has 2 N–H and O–H groups in total. The second-order valence-corrected chi connectivity index (χ2v) is 6.02. The molecule has 0 spiro atoms. The Morgan fingerprint density at radius 2 is 1.87 bits per heavy atom. The monoisotopic (exact) mass is 312 g/mol. The van der Waals surface area contributed by atoms with Crippen LogP contribution in [0.5, 0.6) is 0 Å². The molecule has 1 aliphatic rings. The quantitative estimate of drug-likeness (QED) is 0.858. The molecular weight excluding hydrogens is 288 g/mol. The number of rotatable bonds is 6. The number of aromatic nitrogens is 2. The lowest BCUT2D eigenvalue weighted by Crippen LogP contribution is -2.31. The minimum absolute atomic E-state index is 0.0542. The van der Waals surface area contributed by atoms with E-state index in [0.29, 0.717) is 0 Å². The molecule has 0 saturated carbocycles. The summed E-state index contributed by atoms with van der Waals surface area (Å²) in [5, 5.41) is 13.0. The third kappa shape index (κ3) is 4.42. The molecule has 1 saturated heterocycles. The van der Waals surface area contributed by atoms with Crippen LogP contribution in [0.15, 0.2) is 42.7 Å². The van der Waals surface area contributed by atoms with E-state index in [0.717, 1.165) is 31.1 Å². The molecule has 5 nitrogen and oxygen atoms in total. The highest BCUT2D eigenvalue weighted by atomic mass is 16.3. The lowest BCUT2D eigenvalue weighted by molar-refractivity contribution is 0.273. The summed E-state index contributed by atoms with van der Waals surface area (Å²) in [6.45, 7) is 2.19. The molecule has 5 heteroatoms. The molecule has 0 amide bonds.